The highest BCUT2D eigenvalue weighted by atomic mass is 32.2. The first kappa shape index (κ1) is 26.0. The van der Waals surface area contributed by atoms with E-state index in [0.717, 1.165) is 34.6 Å². The van der Waals surface area contributed by atoms with Gasteiger partial charge in [-0.2, -0.15) is 10.2 Å². The number of fused-ring (bicyclic) bond motifs is 1. The van der Waals surface area contributed by atoms with Crippen LogP contribution in [0.3, 0.4) is 0 Å². The number of alkyl halides is 2. The van der Waals surface area contributed by atoms with E-state index in [4.69, 9.17) is 4.98 Å². The molecule has 3 aromatic rings. The van der Waals surface area contributed by atoms with Crippen molar-refractivity contribution in [1.29, 1.82) is 0 Å². The topological polar surface area (TPSA) is 67.2 Å². The monoisotopic (exact) mass is 528 g/mol. The number of likely N-dealkylation sites (tertiary alicyclic amines) is 2. The largest absolute Gasteiger partial charge is 0.340 e. The first-order valence-corrected chi connectivity index (χ1v) is 14.1. The minimum Gasteiger partial charge on any atom is -0.340 e. The molecule has 37 heavy (non-hydrogen) atoms. The van der Waals surface area contributed by atoms with E-state index >= 15 is 4.39 Å². The average Bonchev–Trinajstić information content (AvgIpc) is 3.28. The van der Waals surface area contributed by atoms with Gasteiger partial charge in [0, 0.05) is 57.8 Å². The van der Waals surface area contributed by atoms with Gasteiger partial charge >= 0.3 is 0 Å². The van der Waals surface area contributed by atoms with Gasteiger partial charge in [0.25, 0.3) is 5.91 Å². The van der Waals surface area contributed by atoms with Gasteiger partial charge in [0.05, 0.1) is 17.2 Å². The molecule has 0 atom stereocenters. The van der Waals surface area contributed by atoms with E-state index in [0.29, 0.717) is 38.3 Å². The van der Waals surface area contributed by atoms with Crippen molar-refractivity contribution in [3.63, 3.8) is 0 Å². The Morgan fingerprint density at radius 3 is 2.49 bits per heavy atom. The maximum Gasteiger partial charge on any atom is 0.260 e. The SMILES string of the molecule is CSc1nc2cc(C(C)(C)F)ccc2n1C1CCN(C(=O)C2(F)CCN(Cc3ccnnc3)CC2)CC1. The van der Waals surface area contributed by atoms with Gasteiger partial charge in [-0.25, -0.2) is 13.8 Å². The van der Waals surface area contributed by atoms with Crippen molar-refractivity contribution in [2.75, 3.05) is 32.4 Å². The van der Waals surface area contributed by atoms with Crippen LogP contribution in [0.25, 0.3) is 11.0 Å². The Hall–Kier alpha value is -2.59. The van der Waals surface area contributed by atoms with Gasteiger partial charge in [-0.1, -0.05) is 17.8 Å². The van der Waals surface area contributed by atoms with Crippen molar-refractivity contribution in [2.45, 2.75) is 68.6 Å². The average molecular weight is 529 g/mol. The second-order valence-corrected chi connectivity index (χ2v) is 11.4. The molecule has 4 heterocycles. The maximum atomic E-state index is 15.8. The quantitative estimate of drug-likeness (QED) is 0.423. The number of halogens is 2. The molecule has 7 nitrogen and oxygen atoms in total. The summed E-state index contributed by atoms with van der Waals surface area (Å²) in [5.41, 5.74) is 0.161. The summed E-state index contributed by atoms with van der Waals surface area (Å²) in [6.45, 7) is 5.90. The number of thioether (sulfide) groups is 1. The highest BCUT2D eigenvalue weighted by Crippen LogP contribution is 2.36. The Morgan fingerprint density at radius 1 is 1.14 bits per heavy atom. The molecule has 2 aliphatic rings. The van der Waals surface area contributed by atoms with Crippen LogP contribution in [0.5, 0.6) is 0 Å². The Bertz CT molecular complexity index is 1250. The number of carbonyl (C=O) groups is 1. The fourth-order valence-corrected chi connectivity index (χ4v) is 6.14. The van der Waals surface area contributed by atoms with Crippen molar-refractivity contribution in [3.05, 3.63) is 47.8 Å². The lowest BCUT2D eigenvalue weighted by Crippen LogP contribution is -2.53. The van der Waals surface area contributed by atoms with Crippen LogP contribution in [0.2, 0.25) is 0 Å². The summed E-state index contributed by atoms with van der Waals surface area (Å²) < 4.78 is 32.5. The number of benzene rings is 1. The van der Waals surface area contributed by atoms with E-state index < -0.39 is 11.3 Å². The summed E-state index contributed by atoms with van der Waals surface area (Å²) >= 11 is 1.56. The fraction of sp³-hybridized carbons (Fsp3) is 0.556. The molecule has 2 aromatic heterocycles. The molecule has 5 rings (SSSR count). The van der Waals surface area contributed by atoms with Gasteiger partial charge in [-0.05, 0) is 62.3 Å². The third-order valence-electron chi connectivity index (χ3n) is 7.73. The number of rotatable bonds is 6. The number of aromatic nitrogens is 4. The summed E-state index contributed by atoms with van der Waals surface area (Å²) in [6, 6.07) is 7.67. The Labute approximate surface area is 220 Å². The molecular formula is C27H34F2N6OS. The molecule has 0 radical (unpaired) electrons. The third kappa shape index (κ3) is 5.36. The Balaban J connectivity index is 1.22. The minimum atomic E-state index is -1.80. The van der Waals surface area contributed by atoms with Crippen molar-refractivity contribution >= 4 is 28.7 Å². The van der Waals surface area contributed by atoms with Crippen molar-refractivity contribution in [1.82, 2.24) is 29.5 Å². The maximum absolute atomic E-state index is 15.8. The van der Waals surface area contributed by atoms with E-state index in [1.54, 1.807) is 42.9 Å². The molecule has 0 unspecified atom stereocenters. The predicted molar refractivity (Wildman–Crippen MR) is 141 cm³/mol. The zero-order valence-electron chi connectivity index (χ0n) is 21.7. The van der Waals surface area contributed by atoms with Crippen LogP contribution in [0.15, 0.2) is 41.8 Å². The molecule has 1 amide bonds. The van der Waals surface area contributed by atoms with Crippen molar-refractivity contribution < 1.29 is 13.6 Å². The number of carbonyl (C=O) groups excluding carboxylic acids is 1. The molecule has 2 fully saturated rings. The van der Waals surface area contributed by atoms with Crippen LogP contribution < -0.4 is 0 Å². The second kappa shape index (κ2) is 10.3. The summed E-state index contributed by atoms with van der Waals surface area (Å²) in [7, 11) is 0. The van der Waals surface area contributed by atoms with E-state index in [1.807, 2.05) is 30.5 Å². The van der Waals surface area contributed by atoms with Crippen LogP contribution in [0, 0.1) is 0 Å². The molecule has 0 saturated carbocycles. The van der Waals surface area contributed by atoms with Crippen LogP contribution in [-0.4, -0.2) is 73.6 Å². The predicted octanol–water partition coefficient (Wildman–Crippen LogP) is 4.92. The molecule has 10 heteroatoms. The molecule has 2 aliphatic heterocycles. The smallest absolute Gasteiger partial charge is 0.260 e. The summed E-state index contributed by atoms with van der Waals surface area (Å²) in [5.74, 6) is -0.369. The van der Waals surface area contributed by atoms with E-state index in [2.05, 4.69) is 19.7 Å². The number of hydrogen-bond acceptors (Lipinski definition) is 6. The molecule has 1 aromatic carbocycles. The van der Waals surface area contributed by atoms with Gasteiger partial charge in [0.1, 0.15) is 5.67 Å². The lowest BCUT2D eigenvalue weighted by atomic mass is 9.90. The van der Waals surface area contributed by atoms with Gasteiger partial charge in [-0.3, -0.25) is 9.69 Å². The molecule has 0 spiro atoms. The summed E-state index contributed by atoms with van der Waals surface area (Å²) in [6.07, 6.45) is 7.25. The fourth-order valence-electron chi connectivity index (χ4n) is 5.50. The lowest BCUT2D eigenvalue weighted by molar-refractivity contribution is -0.149. The van der Waals surface area contributed by atoms with E-state index in [-0.39, 0.29) is 24.8 Å². The van der Waals surface area contributed by atoms with Crippen molar-refractivity contribution in [3.8, 4) is 0 Å². The van der Waals surface area contributed by atoms with E-state index in [9.17, 15) is 9.18 Å². The highest BCUT2D eigenvalue weighted by Gasteiger charge is 2.45. The molecule has 0 N–H and O–H groups in total. The van der Waals surface area contributed by atoms with Gasteiger partial charge in [0.2, 0.25) is 0 Å². The first-order valence-electron chi connectivity index (χ1n) is 12.9. The number of piperidine rings is 2. The number of nitrogens with zero attached hydrogens (tertiary/aromatic N) is 6. The van der Waals surface area contributed by atoms with E-state index in [1.165, 1.54) is 0 Å². The zero-order valence-corrected chi connectivity index (χ0v) is 22.5. The number of amides is 1. The van der Waals surface area contributed by atoms with Crippen LogP contribution in [-0.2, 0) is 17.0 Å². The van der Waals surface area contributed by atoms with Crippen molar-refractivity contribution in [2.24, 2.45) is 0 Å². The third-order valence-corrected chi connectivity index (χ3v) is 8.38. The Morgan fingerprint density at radius 2 is 1.86 bits per heavy atom. The minimum absolute atomic E-state index is 0.159. The molecule has 198 valence electrons. The van der Waals surface area contributed by atoms with Gasteiger partial charge < -0.3 is 9.47 Å². The lowest BCUT2D eigenvalue weighted by Gasteiger charge is -2.40. The second-order valence-electron chi connectivity index (χ2n) is 10.7. The standard InChI is InChI=1S/C27H34F2N6OS/c1-26(2,28)20-4-5-23-22(16-20)32-25(37-3)35(23)21-7-12-34(13-8-21)24(36)27(29)9-14-33(15-10-27)18-19-6-11-30-31-17-19/h4-6,11,16-17,21H,7-10,12-15,18H2,1-3H3. The number of hydrogen-bond donors (Lipinski definition) is 0. The molecular weight excluding hydrogens is 494 g/mol. The zero-order chi connectivity index (χ0) is 26.2. The van der Waals surface area contributed by atoms with Gasteiger partial charge in [-0.15, -0.1) is 0 Å². The Kier molecular flexibility index (Phi) is 7.24. The van der Waals surface area contributed by atoms with Crippen LogP contribution in [0.4, 0.5) is 8.78 Å². The molecule has 2 saturated heterocycles. The van der Waals surface area contributed by atoms with Gasteiger partial charge in [0.15, 0.2) is 10.8 Å². The molecule has 0 bridgehead atoms. The number of imidazole rings is 1. The van der Waals surface area contributed by atoms with Crippen LogP contribution >= 0.6 is 11.8 Å². The summed E-state index contributed by atoms with van der Waals surface area (Å²) in [4.78, 5) is 21.9. The van der Waals surface area contributed by atoms with Crippen LogP contribution in [0.1, 0.15) is 56.7 Å². The molecule has 0 aliphatic carbocycles. The summed E-state index contributed by atoms with van der Waals surface area (Å²) in [5, 5.41) is 8.58. The normalized spacial score (nSPS) is 19.4. The highest BCUT2D eigenvalue weighted by molar-refractivity contribution is 7.98. The first-order chi connectivity index (χ1) is 17.7.